The topological polar surface area (TPSA) is 90.4 Å². The molecule has 2 fully saturated rings. The van der Waals surface area contributed by atoms with Gasteiger partial charge in [0.25, 0.3) is 0 Å². The van der Waals surface area contributed by atoms with Crippen molar-refractivity contribution in [3.8, 4) is 0 Å². The molecule has 176 valence electrons. The number of unbranched alkanes of at least 4 members (excludes halogenated alkanes) is 1. The standard InChI is InChI=1S/C24H35N3O5/c1-5-23-10-8-12-25(4)20(29)17(23)18-21(30)27(13-6-7-15-28)19-22(31)26(16(2)3)14-9-11-24(18,19)32-23/h8-11,16-19,28H,5-7,12-15H2,1-4H3/t17-,18-,19?,23+,24-/m0/s1. The molecule has 0 bridgehead atoms. The van der Waals surface area contributed by atoms with Gasteiger partial charge in [0.1, 0.15) is 11.6 Å². The van der Waals surface area contributed by atoms with Gasteiger partial charge in [-0.3, -0.25) is 14.4 Å². The molecule has 0 aliphatic carbocycles. The van der Waals surface area contributed by atoms with Crippen LogP contribution < -0.4 is 0 Å². The number of ether oxygens (including phenoxy) is 1. The Bertz CT molecular complexity index is 855. The molecular formula is C24H35N3O5. The summed E-state index contributed by atoms with van der Waals surface area (Å²) in [4.78, 5) is 46.4. The van der Waals surface area contributed by atoms with Crippen LogP contribution in [0.15, 0.2) is 24.3 Å². The van der Waals surface area contributed by atoms with E-state index in [0.717, 1.165) is 0 Å². The molecule has 4 aliphatic rings. The van der Waals surface area contributed by atoms with E-state index in [-0.39, 0.29) is 30.4 Å². The van der Waals surface area contributed by atoms with Crippen LogP contribution in [0.3, 0.4) is 0 Å². The molecule has 32 heavy (non-hydrogen) atoms. The van der Waals surface area contributed by atoms with Gasteiger partial charge in [-0.2, -0.15) is 0 Å². The molecule has 0 saturated carbocycles. The number of hydrogen-bond acceptors (Lipinski definition) is 5. The van der Waals surface area contributed by atoms with Crippen molar-refractivity contribution >= 4 is 17.7 Å². The number of carbonyl (C=O) groups excluding carboxylic acids is 3. The summed E-state index contributed by atoms with van der Waals surface area (Å²) in [5, 5.41) is 9.25. The van der Waals surface area contributed by atoms with Crippen LogP contribution in [0.1, 0.15) is 40.0 Å². The third-order valence-corrected chi connectivity index (χ3v) is 7.60. The average Bonchev–Trinajstić information content (AvgIpc) is 3.04. The Morgan fingerprint density at radius 1 is 1.06 bits per heavy atom. The van der Waals surface area contributed by atoms with Crippen LogP contribution in [0.2, 0.25) is 0 Å². The lowest BCUT2D eigenvalue weighted by molar-refractivity contribution is -0.154. The molecule has 4 rings (SSSR count). The van der Waals surface area contributed by atoms with Crippen molar-refractivity contribution in [2.24, 2.45) is 11.8 Å². The molecule has 8 nitrogen and oxygen atoms in total. The van der Waals surface area contributed by atoms with Gasteiger partial charge in [0.15, 0.2) is 0 Å². The first-order valence-electron chi connectivity index (χ1n) is 11.8. The molecule has 5 atom stereocenters. The lowest BCUT2D eigenvalue weighted by Gasteiger charge is -2.39. The minimum Gasteiger partial charge on any atom is -0.396 e. The molecule has 0 aromatic rings. The molecule has 8 heteroatoms. The Labute approximate surface area is 189 Å². The molecular weight excluding hydrogens is 410 g/mol. The van der Waals surface area contributed by atoms with Crippen LogP contribution in [0.4, 0.5) is 0 Å². The molecule has 0 radical (unpaired) electrons. The molecule has 0 aromatic carbocycles. The second-order valence-electron chi connectivity index (χ2n) is 9.69. The van der Waals surface area contributed by atoms with Gasteiger partial charge >= 0.3 is 0 Å². The van der Waals surface area contributed by atoms with Crippen LogP contribution in [0, 0.1) is 11.8 Å². The zero-order valence-corrected chi connectivity index (χ0v) is 19.5. The smallest absolute Gasteiger partial charge is 0.249 e. The first kappa shape index (κ1) is 23.0. The van der Waals surface area contributed by atoms with Crippen molar-refractivity contribution in [1.29, 1.82) is 0 Å². The number of carbonyl (C=O) groups is 3. The minimum atomic E-state index is -1.18. The zero-order chi connectivity index (χ0) is 23.3. The van der Waals surface area contributed by atoms with Gasteiger partial charge in [-0.15, -0.1) is 0 Å². The molecule has 1 unspecified atom stereocenters. The van der Waals surface area contributed by atoms with E-state index in [4.69, 9.17) is 4.74 Å². The summed E-state index contributed by atoms with van der Waals surface area (Å²) < 4.78 is 6.82. The SMILES string of the molecule is CC[C@@]12C=CCN(C)C(=O)[C@@H]1[C@H]1C(=O)N(CCCCO)C3C(=O)N(C(C)C)CC=C[C@@]31O2. The van der Waals surface area contributed by atoms with Crippen LogP contribution in [0.5, 0.6) is 0 Å². The van der Waals surface area contributed by atoms with E-state index in [2.05, 4.69) is 0 Å². The quantitative estimate of drug-likeness (QED) is 0.486. The number of nitrogens with zero attached hydrogens (tertiary/aromatic N) is 3. The van der Waals surface area contributed by atoms with E-state index in [1.54, 1.807) is 21.7 Å². The monoisotopic (exact) mass is 445 g/mol. The number of amides is 3. The van der Waals surface area contributed by atoms with Crippen molar-refractivity contribution in [3.63, 3.8) is 0 Å². The molecule has 0 aromatic heterocycles. The van der Waals surface area contributed by atoms with Gasteiger partial charge in [0, 0.05) is 39.3 Å². The summed E-state index contributed by atoms with van der Waals surface area (Å²) in [5.41, 5.74) is -2.11. The lowest BCUT2D eigenvalue weighted by atomic mass is 9.73. The van der Waals surface area contributed by atoms with E-state index in [1.807, 2.05) is 45.1 Å². The largest absolute Gasteiger partial charge is 0.396 e. The maximum absolute atomic E-state index is 13.9. The summed E-state index contributed by atoms with van der Waals surface area (Å²) in [7, 11) is 1.74. The number of hydrogen-bond donors (Lipinski definition) is 1. The number of aliphatic hydroxyl groups is 1. The Hall–Kier alpha value is -2.19. The second-order valence-corrected chi connectivity index (χ2v) is 9.69. The highest BCUT2D eigenvalue weighted by Gasteiger charge is 2.75. The molecule has 4 heterocycles. The highest BCUT2D eigenvalue weighted by molar-refractivity contribution is 6.00. The van der Waals surface area contributed by atoms with Gasteiger partial charge in [0.05, 0.1) is 17.4 Å². The fourth-order valence-corrected chi connectivity index (χ4v) is 6.00. The molecule has 2 saturated heterocycles. The summed E-state index contributed by atoms with van der Waals surface area (Å²) in [6.07, 6.45) is 9.33. The van der Waals surface area contributed by atoms with E-state index < -0.39 is 29.1 Å². The average molecular weight is 446 g/mol. The van der Waals surface area contributed by atoms with Gasteiger partial charge in [-0.1, -0.05) is 31.2 Å². The number of likely N-dealkylation sites (tertiary alicyclic amines) is 1. The zero-order valence-electron chi connectivity index (χ0n) is 19.5. The van der Waals surface area contributed by atoms with Crippen LogP contribution in [-0.4, -0.2) is 94.1 Å². The third-order valence-electron chi connectivity index (χ3n) is 7.60. The molecule has 3 amide bonds. The number of aliphatic hydroxyl groups excluding tert-OH is 1. The predicted octanol–water partition coefficient (Wildman–Crippen LogP) is 0.955. The maximum Gasteiger partial charge on any atom is 0.249 e. The van der Waals surface area contributed by atoms with Crippen molar-refractivity contribution in [3.05, 3.63) is 24.3 Å². The van der Waals surface area contributed by atoms with Crippen molar-refractivity contribution < 1.29 is 24.2 Å². The second kappa shape index (κ2) is 8.30. The summed E-state index contributed by atoms with van der Waals surface area (Å²) in [6.45, 7) is 7.17. The first-order chi connectivity index (χ1) is 15.2. The molecule has 1 N–H and O–H groups in total. The van der Waals surface area contributed by atoms with Crippen molar-refractivity contribution in [1.82, 2.24) is 14.7 Å². The summed E-state index contributed by atoms with van der Waals surface area (Å²) in [5.74, 6) is -1.90. The van der Waals surface area contributed by atoms with Gasteiger partial charge in [-0.05, 0) is 33.1 Å². The Morgan fingerprint density at radius 3 is 2.44 bits per heavy atom. The Morgan fingerprint density at radius 2 is 1.78 bits per heavy atom. The van der Waals surface area contributed by atoms with E-state index in [1.165, 1.54) is 0 Å². The molecule has 1 spiro atoms. The van der Waals surface area contributed by atoms with Crippen LogP contribution in [0.25, 0.3) is 0 Å². The van der Waals surface area contributed by atoms with Gasteiger partial charge in [-0.25, -0.2) is 0 Å². The fraction of sp³-hybridized carbons (Fsp3) is 0.708. The van der Waals surface area contributed by atoms with Gasteiger partial charge in [0.2, 0.25) is 17.7 Å². The number of fused-ring (bicyclic) bond motifs is 2. The van der Waals surface area contributed by atoms with Crippen molar-refractivity contribution in [2.45, 2.75) is 63.3 Å². The normalized spacial score (nSPS) is 36.5. The van der Waals surface area contributed by atoms with Crippen molar-refractivity contribution in [2.75, 3.05) is 33.3 Å². The maximum atomic E-state index is 13.9. The lowest BCUT2D eigenvalue weighted by Crippen LogP contribution is -2.57. The number of likely N-dealkylation sites (N-methyl/N-ethyl adjacent to an activating group) is 1. The van der Waals surface area contributed by atoms with Crippen LogP contribution >= 0.6 is 0 Å². The summed E-state index contributed by atoms with van der Waals surface area (Å²) >= 11 is 0. The van der Waals surface area contributed by atoms with Gasteiger partial charge < -0.3 is 24.5 Å². The first-order valence-corrected chi connectivity index (χ1v) is 11.8. The van der Waals surface area contributed by atoms with E-state index >= 15 is 0 Å². The highest BCUT2D eigenvalue weighted by atomic mass is 16.5. The third kappa shape index (κ3) is 3.14. The fourth-order valence-electron chi connectivity index (χ4n) is 6.00. The minimum absolute atomic E-state index is 0.0272. The predicted molar refractivity (Wildman–Crippen MR) is 118 cm³/mol. The Balaban J connectivity index is 1.87. The highest BCUT2D eigenvalue weighted by Crippen LogP contribution is 2.58. The number of rotatable bonds is 6. The van der Waals surface area contributed by atoms with E-state index in [9.17, 15) is 19.5 Å². The van der Waals surface area contributed by atoms with E-state index in [0.29, 0.717) is 38.9 Å². The molecule has 4 aliphatic heterocycles. The van der Waals surface area contributed by atoms with Crippen LogP contribution in [-0.2, 0) is 19.1 Å². The Kier molecular flexibility index (Phi) is 5.96. The summed E-state index contributed by atoms with van der Waals surface area (Å²) in [6, 6.07) is -0.850.